The van der Waals surface area contributed by atoms with Crippen molar-refractivity contribution in [2.45, 2.75) is 25.7 Å². The number of rotatable bonds is 6. The van der Waals surface area contributed by atoms with Crippen LogP contribution in [0.3, 0.4) is 0 Å². The van der Waals surface area contributed by atoms with E-state index in [1.54, 1.807) is 6.92 Å². The Kier molecular flexibility index (Phi) is 5.82. The highest BCUT2D eigenvalue weighted by atomic mass is 16.6. The van der Waals surface area contributed by atoms with Gasteiger partial charge in [-0.2, -0.15) is 0 Å². The number of esters is 1. The maximum absolute atomic E-state index is 10.7. The Bertz CT molecular complexity index is 172. The third-order valence-corrected chi connectivity index (χ3v) is 1.32. The summed E-state index contributed by atoms with van der Waals surface area (Å²) in [5.41, 5.74) is 0. The molecule has 0 aromatic heterocycles. The number of ether oxygens (including phenoxy) is 1. The lowest BCUT2D eigenvalue weighted by Crippen LogP contribution is -2.44. The first kappa shape index (κ1) is 11.9. The van der Waals surface area contributed by atoms with Gasteiger partial charge in [0.1, 0.15) is 6.10 Å². The van der Waals surface area contributed by atoms with Crippen LogP contribution in [0.25, 0.3) is 0 Å². The van der Waals surface area contributed by atoms with Gasteiger partial charge in [0.05, 0.1) is 6.61 Å². The summed E-state index contributed by atoms with van der Waals surface area (Å²) in [6.45, 7) is 0.980. The Hall–Kier alpha value is -1.14. The van der Waals surface area contributed by atoms with Crippen LogP contribution in [0, 0.1) is 0 Å². The molecule has 3 N–H and O–H groups in total. The molecule has 0 fully saturated rings. The van der Waals surface area contributed by atoms with Crippen LogP contribution in [0.1, 0.15) is 13.3 Å². The number of carbonyl (C=O) groups excluding carboxylic acids is 2. The first-order valence-corrected chi connectivity index (χ1v) is 3.83. The molecule has 0 radical (unpaired) electrons. The molecule has 0 heterocycles. The van der Waals surface area contributed by atoms with Crippen LogP contribution in [-0.2, 0) is 14.3 Å². The SMILES string of the molecule is CCC(=O)OC(NC=O)C(O)CO. The average Bonchev–Trinajstić information content (AvgIpc) is 2.15. The predicted molar refractivity (Wildman–Crippen MR) is 42.5 cm³/mol. The molecule has 0 aliphatic heterocycles. The first-order valence-electron chi connectivity index (χ1n) is 3.83. The summed E-state index contributed by atoms with van der Waals surface area (Å²) >= 11 is 0. The normalized spacial score (nSPS) is 14.4. The second-order valence-corrected chi connectivity index (χ2v) is 2.30. The van der Waals surface area contributed by atoms with Gasteiger partial charge < -0.3 is 20.3 Å². The zero-order valence-corrected chi connectivity index (χ0v) is 7.27. The van der Waals surface area contributed by atoms with Gasteiger partial charge in [-0.05, 0) is 0 Å². The zero-order valence-electron chi connectivity index (χ0n) is 7.27. The van der Waals surface area contributed by atoms with Crippen LogP contribution in [0.2, 0.25) is 0 Å². The molecule has 0 spiro atoms. The highest BCUT2D eigenvalue weighted by molar-refractivity contribution is 5.69. The lowest BCUT2D eigenvalue weighted by atomic mass is 10.3. The van der Waals surface area contributed by atoms with Gasteiger partial charge in [0, 0.05) is 6.42 Å². The molecule has 0 aliphatic carbocycles. The van der Waals surface area contributed by atoms with Crippen molar-refractivity contribution in [3.05, 3.63) is 0 Å². The molecule has 0 rings (SSSR count). The second-order valence-electron chi connectivity index (χ2n) is 2.30. The molecular weight excluding hydrogens is 178 g/mol. The largest absolute Gasteiger partial charge is 0.439 e. The summed E-state index contributed by atoms with van der Waals surface area (Å²) in [6, 6.07) is 0. The predicted octanol–water partition coefficient (Wildman–Crippen LogP) is -1.64. The number of carbonyl (C=O) groups is 2. The molecule has 1 amide bonds. The minimum Gasteiger partial charge on any atom is -0.439 e. The number of nitrogens with one attached hydrogen (secondary N) is 1. The van der Waals surface area contributed by atoms with E-state index in [-0.39, 0.29) is 12.8 Å². The van der Waals surface area contributed by atoms with Crippen molar-refractivity contribution in [1.29, 1.82) is 0 Å². The molecule has 6 heteroatoms. The molecule has 0 bridgehead atoms. The van der Waals surface area contributed by atoms with Gasteiger partial charge in [-0.1, -0.05) is 6.92 Å². The quantitative estimate of drug-likeness (QED) is 0.266. The molecule has 2 atom stereocenters. The summed E-state index contributed by atoms with van der Waals surface area (Å²) in [7, 11) is 0. The fourth-order valence-corrected chi connectivity index (χ4v) is 0.611. The van der Waals surface area contributed by atoms with E-state index < -0.39 is 24.9 Å². The highest BCUT2D eigenvalue weighted by Gasteiger charge is 2.20. The summed E-state index contributed by atoms with van der Waals surface area (Å²) < 4.78 is 4.60. The van der Waals surface area contributed by atoms with Crippen LogP contribution in [0.4, 0.5) is 0 Å². The maximum atomic E-state index is 10.7. The van der Waals surface area contributed by atoms with Crippen LogP contribution >= 0.6 is 0 Å². The van der Waals surface area contributed by atoms with Crippen molar-refractivity contribution in [2.75, 3.05) is 6.61 Å². The van der Waals surface area contributed by atoms with Crippen LogP contribution in [0.15, 0.2) is 0 Å². The fraction of sp³-hybridized carbons (Fsp3) is 0.714. The fourth-order valence-electron chi connectivity index (χ4n) is 0.611. The van der Waals surface area contributed by atoms with E-state index >= 15 is 0 Å². The van der Waals surface area contributed by atoms with Crippen LogP contribution in [-0.4, -0.2) is 41.5 Å². The topological polar surface area (TPSA) is 95.9 Å². The molecule has 6 nitrogen and oxygen atoms in total. The summed E-state index contributed by atoms with van der Waals surface area (Å²) in [5, 5.41) is 19.6. The third-order valence-electron chi connectivity index (χ3n) is 1.32. The lowest BCUT2D eigenvalue weighted by molar-refractivity contribution is -0.159. The minimum absolute atomic E-state index is 0.134. The van der Waals surface area contributed by atoms with Gasteiger partial charge in [0.2, 0.25) is 12.6 Å². The molecule has 0 aromatic carbocycles. The lowest BCUT2D eigenvalue weighted by Gasteiger charge is -2.20. The monoisotopic (exact) mass is 191 g/mol. The van der Waals surface area contributed by atoms with Crippen molar-refractivity contribution < 1.29 is 24.5 Å². The maximum Gasteiger partial charge on any atom is 0.307 e. The number of hydrogen-bond donors (Lipinski definition) is 3. The molecule has 76 valence electrons. The van der Waals surface area contributed by atoms with E-state index in [0.717, 1.165) is 0 Å². The first-order chi connectivity index (χ1) is 6.15. The highest BCUT2D eigenvalue weighted by Crippen LogP contribution is 1.97. The van der Waals surface area contributed by atoms with E-state index in [9.17, 15) is 9.59 Å². The number of aliphatic hydroxyl groups is 2. The van der Waals surface area contributed by atoms with Crippen molar-refractivity contribution in [3.63, 3.8) is 0 Å². The Balaban J connectivity index is 4.07. The Morgan fingerprint density at radius 2 is 2.31 bits per heavy atom. The molecule has 13 heavy (non-hydrogen) atoms. The summed E-state index contributed by atoms with van der Waals surface area (Å²) in [6.07, 6.45) is -2.07. The van der Waals surface area contributed by atoms with Crippen molar-refractivity contribution >= 4 is 12.4 Å². The van der Waals surface area contributed by atoms with Gasteiger partial charge in [-0.25, -0.2) is 0 Å². The third kappa shape index (κ3) is 4.44. The molecule has 2 unspecified atom stereocenters. The molecule has 0 saturated carbocycles. The Labute approximate surface area is 75.5 Å². The van der Waals surface area contributed by atoms with E-state index in [4.69, 9.17) is 10.2 Å². The van der Waals surface area contributed by atoms with Gasteiger partial charge >= 0.3 is 5.97 Å². The molecule has 0 saturated heterocycles. The van der Waals surface area contributed by atoms with Gasteiger partial charge in [-0.15, -0.1) is 0 Å². The number of aliphatic hydroxyl groups excluding tert-OH is 2. The summed E-state index contributed by atoms with van der Waals surface area (Å²) in [5.74, 6) is -0.563. The standard InChI is InChI=1S/C7H13NO5/c1-2-6(12)13-7(8-4-10)5(11)3-9/h4-5,7,9,11H,2-3H2,1H3,(H,8,10). The van der Waals surface area contributed by atoms with Gasteiger partial charge in [-0.3, -0.25) is 9.59 Å². The van der Waals surface area contributed by atoms with Crippen molar-refractivity contribution in [1.82, 2.24) is 5.32 Å². The number of hydrogen-bond acceptors (Lipinski definition) is 5. The van der Waals surface area contributed by atoms with Crippen LogP contribution < -0.4 is 5.32 Å². The average molecular weight is 191 g/mol. The Morgan fingerprint density at radius 1 is 1.69 bits per heavy atom. The van der Waals surface area contributed by atoms with Gasteiger partial charge in [0.15, 0.2) is 0 Å². The van der Waals surface area contributed by atoms with Crippen molar-refractivity contribution in [3.8, 4) is 0 Å². The number of amides is 1. The van der Waals surface area contributed by atoms with E-state index in [2.05, 4.69) is 10.1 Å². The van der Waals surface area contributed by atoms with Crippen LogP contribution in [0.5, 0.6) is 0 Å². The molecule has 0 aromatic rings. The van der Waals surface area contributed by atoms with Gasteiger partial charge in [0.25, 0.3) is 0 Å². The van der Waals surface area contributed by atoms with E-state index in [1.165, 1.54) is 0 Å². The molecular formula is C7H13NO5. The summed E-state index contributed by atoms with van der Waals surface area (Å²) in [4.78, 5) is 20.8. The molecule has 0 aliphatic rings. The smallest absolute Gasteiger partial charge is 0.307 e. The minimum atomic E-state index is -1.30. The van der Waals surface area contributed by atoms with E-state index in [1.807, 2.05) is 0 Å². The Morgan fingerprint density at radius 3 is 2.69 bits per heavy atom. The van der Waals surface area contributed by atoms with Crippen molar-refractivity contribution in [2.24, 2.45) is 0 Å². The zero-order chi connectivity index (χ0) is 10.3. The van der Waals surface area contributed by atoms with E-state index in [0.29, 0.717) is 0 Å². The second kappa shape index (κ2) is 6.38.